The molecule has 2 aromatic heterocycles. The summed E-state index contributed by atoms with van der Waals surface area (Å²) in [6, 6.07) is 28.9. The molecule has 2 heterocycles. The molecule has 0 saturated heterocycles. The molecule has 216 valence electrons. The highest BCUT2D eigenvalue weighted by Crippen LogP contribution is 2.24. The van der Waals surface area contributed by atoms with E-state index in [9.17, 15) is 0 Å². The maximum Gasteiger partial charge on any atom is 0.121 e. The van der Waals surface area contributed by atoms with Crippen molar-refractivity contribution in [2.24, 2.45) is 0 Å². The second-order valence-corrected chi connectivity index (χ2v) is 10.1. The van der Waals surface area contributed by atoms with E-state index in [-0.39, 0.29) is 0 Å². The van der Waals surface area contributed by atoms with Gasteiger partial charge in [-0.3, -0.25) is 4.98 Å². The minimum atomic E-state index is 0.401. The van der Waals surface area contributed by atoms with Crippen LogP contribution in [0.15, 0.2) is 110 Å². The first-order valence-corrected chi connectivity index (χ1v) is 14.0. The number of benzene rings is 3. The highest BCUT2D eigenvalue weighted by atomic mass is 16.5. The standard InChI is InChI=1S/C34H37N5O3/c1-37(2)30-9-6-12-34(22-30)42-18-17-41-25-29-21-32(13-14-36-29)39(24-28-8-5-11-33(20-28)40-3)23-27-7-4-10-31(19-27)38-16-15-35-26-38/h4-16,19-22,26H,17-18,23-25H2,1-3H3. The summed E-state index contributed by atoms with van der Waals surface area (Å²) in [5.74, 6) is 1.67. The molecule has 0 fully saturated rings. The van der Waals surface area contributed by atoms with Crippen molar-refractivity contribution < 1.29 is 14.2 Å². The van der Waals surface area contributed by atoms with E-state index in [0.717, 1.165) is 39.8 Å². The van der Waals surface area contributed by atoms with Gasteiger partial charge < -0.3 is 28.6 Å². The SMILES string of the molecule is COc1cccc(CN(Cc2cccc(-n3ccnc3)c2)c2ccnc(COCCOc3cccc(N(C)C)c3)c2)c1. The van der Waals surface area contributed by atoms with Crippen molar-refractivity contribution in [3.05, 3.63) is 127 Å². The minimum absolute atomic E-state index is 0.401. The third-order valence-corrected chi connectivity index (χ3v) is 6.84. The molecule has 0 atom stereocenters. The number of pyridine rings is 1. The Kier molecular flexibility index (Phi) is 9.69. The fraction of sp³-hybridized carbons (Fsp3) is 0.235. The first-order valence-electron chi connectivity index (χ1n) is 14.0. The van der Waals surface area contributed by atoms with Crippen LogP contribution in [0.4, 0.5) is 11.4 Å². The first kappa shape index (κ1) is 28.7. The number of ether oxygens (including phenoxy) is 3. The van der Waals surface area contributed by atoms with E-state index >= 15 is 0 Å². The Morgan fingerprint density at radius 3 is 2.33 bits per heavy atom. The van der Waals surface area contributed by atoms with Crippen LogP contribution in [0.5, 0.6) is 11.5 Å². The molecule has 5 aromatic rings. The number of imidazole rings is 1. The molecule has 0 N–H and O–H groups in total. The van der Waals surface area contributed by atoms with Gasteiger partial charge in [-0.25, -0.2) is 4.98 Å². The van der Waals surface area contributed by atoms with Gasteiger partial charge in [0.05, 0.1) is 32.3 Å². The topological polar surface area (TPSA) is 64.9 Å². The molecule has 0 unspecified atom stereocenters. The molecule has 0 aliphatic rings. The van der Waals surface area contributed by atoms with Crippen molar-refractivity contribution in [1.29, 1.82) is 0 Å². The molecule has 3 aromatic carbocycles. The summed E-state index contributed by atoms with van der Waals surface area (Å²) in [6.07, 6.45) is 7.40. The van der Waals surface area contributed by atoms with E-state index in [4.69, 9.17) is 14.2 Å². The second kappa shape index (κ2) is 14.2. The van der Waals surface area contributed by atoms with Crippen molar-refractivity contribution in [3.63, 3.8) is 0 Å². The minimum Gasteiger partial charge on any atom is -0.497 e. The van der Waals surface area contributed by atoms with Crippen molar-refractivity contribution >= 4 is 11.4 Å². The highest BCUT2D eigenvalue weighted by Gasteiger charge is 2.12. The Labute approximate surface area is 247 Å². The van der Waals surface area contributed by atoms with Crippen molar-refractivity contribution in [3.8, 4) is 17.2 Å². The van der Waals surface area contributed by atoms with Crippen LogP contribution in [0.3, 0.4) is 0 Å². The quantitative estimate of drug-likeness (QED) is 0.150. The van der Waals surface area contributed by atoms with Crippen LogP contribution < -0.4 is 19.3 Å². The summed E-state index contributed by atoms with van der Waals surface area (Å²) in [7, 11) is 5.72. The zero-order valence-corrected chi connectivity index (χ0v) is 24.4. The molecule has 5 rings (SSSR count). The molecule has 0 aliphatic carbocycles. The lowest BCUT2D eigenvalue weighted by Crippen LogP contribution is -2.22. The van der Waals surface area contributed by atoms with Gasteiger partial charge in [-0.15, -0.1) is 0 Å². The van der Waals surface area contributed by atoms with Crippen LogP contribution in [0.2, 0.25) is 0 Å². The van der Waals surface area contributed by atoms with Crippen molar-refractivity contribution in [2.75, 3.05) is 44.2 Å². The molecular formula is C34H37N5O3. The van der Waals surface area contributed by atoms with Gasteiger partial charge >= 0.3 is 0 Å². The molecule has 0 amide bonds. The van der Waals surface area contributed by atoms with Gasteiger partial charge in [0, 0.05) is 68.9 Å². The van der Waals surface area contributed by atoms with Gasteiger partial charge in [-0.2, -0.15) is 0 Å². The van der Waals surface area contributed by atoms with Gasteiger partial charge in [0.25, 0.3) is 0 Å². The number of rotatable bonds is 14. The van der Waals surface area contributed by atoms with Crippen LogP contribution in [-0.2, 0) is 24.4 Å². The van der Waals surface area contributed by atoms with Crippen molar-refractivity contribution in [1.82, 2.24) is 14.5 Å². The molecule has 0 aliphatic heterocycles. The fourth-order valence-corrected chi connectivity index (χ4v) is 4.67. The number of methoxy groups -OCH3 is 1. The number of anilines is 2. The molecule has 8 heteroatoms. The van der Waals surface area contributed by atoms with Gasteiger partial charge in [0.1, 0.15) is 18.1 Å². The van der Waals surface area contributed by atoms with Gasteiger partial charge in [-0.05, 0) is 59.7 Å². The summed E-state index contributed by atoms with van der Waals surface area (Å²) < 4.78 is 19.3. The Balaban J connectivity index is 1.26. The lowest BCUT2D eigenvalue weighted by molar-refractivity contribution is 0.0870. The second-order valence-electron chi connectivity index (χ2n) is 10.1. The summed E-state index contributed by atoms with van der Waals surface area (Å²) in [6.45, 7) is 2.75. The van der Waals surface area contributed by atoms with Crippen LogP contribution >= 0.6 is 0 Å². The van der Waals surface area contributed by atoms with E-state index in [1.165, 1.54) is 5.56 Å². The molecular weight excluding hydrogens is 526 g/mol. The third kappa shape index (κ3) is 7.89. The lowest BCUT2D eigenvalue weighted by Gasteiger charge is -2.26. The molecule has 0 spiro atoms. The lowest BCUT2D eigenvalue weighted by atomic mass is 10.1. The average Bonchev–Trinajstić information content (AvgIpc) is 3.57. The van der Waals surface area contributed by atoms with Gasteiger partial charge in [0.15, 0.2) is 0 Å². The maximum absolute atomic E-state index is 5.94. The van der Waals surface area contributed by atoms with Crippen LogP contribution in [-0.4, -0.2) is 49.0 Å². The molecule has 0 radical (unpaired) electrons. The number of hydrogen-bond acceptors (Lipinski definition) is 7. The largest absolute Gasteiger partial charge is 0.497 e. The number of aromatic nitrogens is 3. The van der Waals surface area contributed by atoms with Gasteiger partial charge in [0.2, 0.25) is 0 Å². The first-order chi connectivity index (χ1) is 20.6. The van der Waals surface area contributed by atoms with Gasteiger partial charge in [-0.1, -0.05) is 30.3 Å². The molecule has 42 heavy (non-hydrogen) atoms. The van der Waals surface area contributed by atoms with E-state index < -0.39 is 0 Å². The van der Waals surface area contributed by atoms with Crippen LogP contribution in [0, 0.1) is 0 Å². The normalized spacial score (nSPS) is 10.8. The fourth-order valence-electron chi connectivity index (χ4n) is 4.67. The summed E-state index contributed by atoms with van der Waals surface area (Å²) in [4.78, 5) is 13.2. The van der Waals surface area contributed by atoms with E-state index in [0.29, 0.717) is 32.9 Å². The number of nitrogens with zero attached hydrogens (tertiary/aromatic N) is 5. The average molecular weight is 564 g/mol. The van der Waals surface area contributed by atoms with Crippen LogP contribution in [0.1, 0.15) is 16.8 Å². The number of hydrogen-bond donors (Lipinski definition) is 0. The summed E-state index contributed by atoms with van der Waals surface area (Å²) in [5.41, 5.74) is 6.45. The zero-order valence-electron chi connectivity index (χ0n) is 24.4. The molecule has 0 saturated carbocycles. The van der Waals surface area contributed by atoms with E-state index in [1.807, 2.05) is 73.8 Å². The van der Waals surface area contributed by atoms with Crippen LogP contribution in [0.25, 0.3) is 5.69 Å². The Hall–Kier alpha value is -4.82. The maximum atomic E-state index is 5.94. The predicted octanol–water partition coefficient (Wildman–Crippen LogP) is 6.14. The predicted molar refractivity (Wildman–Crippen MR) is 167 cm³/mol. The molecule has 8 nitrogen and oxygen atoms in total. The Bertz CT molecular complexity index is 1550. The monoisotopic (exact) mass is 563 g/mol. The zero-order chi connectivity index (χ0) is 29.1. The Morgan fingerprint density at radius 1 is 0.762 bits per heavy atom. The Morgan fingerprint density at radius 2 is 1.55 bits per heavy atom. The van der Waals surface area contributed by atoms with Crippen molar-refractivity contribution in [2.45, 2.75) is 19.7 Å². The van der Waals surface area contributed by atoms with E-state index in [2.05, 4.69) is 68.3 Å². The smallest absolute Gasteiger partial charge is 0.121 e. The third-order valence-electron chi connectivity index (χ3n) is 6.84. The summed E-state index contributed by atoms with van der Waals surface area (Å²) >= 11 is 0. The summed E-state index contributed by atoms with van der Waals surface area (Å²) in [5, 5.41) is 0. The highest BCUT2D eigenvalue weighted by molar-refractivity contribution is 5.50. The molecule has 0 bridgehead atoms. The van der Waals surface area contributed by atoms with E-state index in [1.54, 1.807) is 13.3 Å².